The van der Waals surface area contributed by atoms with Crippen LogP contribution in [0.5, 0.6) is 11.5 Å². The molecule has 27 heavy (non-hydrogen) atoms. The number of carbonyl (C=O) groups excluding carboxylic acids is 2. The first-order valence-electron chi connectivity index (χ1n) is 7.93. The number of benzene rings is 2. The van der Waals surface area contributed by atoms with Crippen LogP contribution in [0.1, 0.15) is 5.56 Å². The normalized spacial score (nSPS) is 10.5. The molecule has 2 aromatic carbocycles. The maximum absolute atomic E-state index is 12.3. The van der Waals surface area contributed by atoms with Crippen LogP contribution in [0.2, 0.25) is 0 Å². The zero-order valence-electron chi connectivity index (χ0n) is 14.9. The van der Waals surface area contributed by atoms with E-state index in [0.717, 1.165) is 0 Å². The lowest BCUT2D eigenvalue weighted by molar-refractivity contribution is -0.142. The molecule has 0 aromatic heterocycles. The predicted octanol–water partition coefficient (Wildman–Crippen LogP) is 2.79. The Labute approximate surface area is 156 Å². The van der Waals surface area contributed by atoms with E-state index in [1.807, 2.05) is 12.1 Å². The van der Waals surface area contributed by atoms with Crippen molar-refractivity contribution < 1.29 is 23.8 Å². The lowest BCUT2D eigenvalue weighted by Gasteiger charge is -2.10. The minimum Gasteiger partial charge on any atom is -0.493 e. The van der Waals surface area contributed by atoms with E-state index >= 15 is 0 Å². The van der Waals surface area contributed by atoms with Crippen LogP contribution >= 0.6 is 0 Å². The molecule has 0 radical (unpaired) electrons. The zero-order chi connectivity index (χ0) is 19.6. The van der Waals surface area contributed by atoms with E-state index < -0.39 is 11.9 Å². The van der Waals surface area contributed by atoms with E-state index in [-0.39, 0.29) is 12.2 Å². The molecule has 2 aromatic rings. The van der Waals surface area contributed by atoms with Gasteiger partial charge in [-0.05, 0) is 35.9 Å². The van der Waals surface area contributed by atoms with Crippen molar-refractivity contribution >= 4 is 23.6 Å². The molecule has 0 saturated heterocycles. The summed E-state index contributed by atoms with van der Waals surface area (Å²) in [4.78, 5) is 23.5. The number of hydrogen-bond acceptors (Lipinski definition) is 6. The van der Waals surface area contributed by atoms with Gasteiger partial charge in [0.2, 0.25) is 0 Å². The number of esters is 1. The van der Waals surface area contributed by atoms with Crippen molar-refractivity contribution in [2.75, 3.05) is 26.1 Å². The molecular weight excluding hydrogens is 348 g/mol. The molecule has 7 heteroatoms. The maximum atomic E-state index is 12.3. The molecular formula is C20H18N2O5. The topological polar surface area (TPSA) is 97.7 Å². The Kier molecular flexibility index (Phi) is 6.97. The number of methoxy groups -OCH3 is 2. The van der Waals surface area contributed by atoms with E-state index in [1.54, 1.807) is 42.5 Å². The SMILES string of the molecule is COC(=O)COc1ccc(C=C(C#N)C(=O)Nc2ccccc2)cc1OC. The molecule has 1 amide bonds. The fourth-order valence-corrected chi connectivity index (χ4v) is 2.12. The van der Waals surface area contributed by atoms with Crippen molar-refractivity contribution in [3.63, 3.8) is 0 Å². The van der Waals surface area contributed by atoms with Crippen molar-refractivity contribution in [3.8, 4) is 17.6 Å². The molecule has 7 nitrogen and oxygen atoms in total. The molecule has 0 aliphatic carbocycles. The Balaban J connectivity index is 2.18. The van der Waals surface area contributed by atoms with Crippen LogP contribution in [-0.2, 0) is 14.3 Å². The Morgan fingerprint density at radius 1 is 1.11 bits per heavy atom. The highest BCUT2D eigenvalue weighted by atomic mass is 16.6. The number of hydrogen-bond donors (Lipinski definition) is 1. The fourth-order valence-electron chi connectivity index (χ4n) is 2.12. The highest BCUT2D eigenvalue weighted by Gasteiger charge is 2.12. The van der Waals surface area contributed by atoms with Gasteiger partial charge in [-0.25, -0.2) is 4.79 Å². The number of nitrogens with zero attached hydrogens (tertiary/aromatic N) is 1. The van der Waals surface area contributed by atoms with Gasteiger partial charge >= 0.3 is 5.97 Å². The van der Waals surface area contributed by atoms with Gasteiger partial charge < -0.3 is 19.5 Å². The van der Waals surface area contributed by atoms with Gasteiger partial charge in [-0.3, -0.25) is 4.79 Å². The molecule has 0 aliphatic rings. The number of nitrogens with one attached hydrogen (secondary N) is 1. The molecule has 138 valence electrons. The van der Waals surface area contributed by atoms with Crippen molar-refractivity contribution in [2.45, 2.75) is 0 Å². The summed E-state index contributed by atoms with van der Waals surface area (Å²) in [6.07, 6.45) is 1.44. The van der Waals surface area contributed by atoms with Gasteiger partial charge in [-0.15, -0.1) is 0 Å². The van der Waals surface area contributed by atoms with Crippen LogP contribution in [0.25, 0.3) is 6.08 Å². The number of nitriles is 1. The summed E-state index contributed by atoms with van der Waals surface area (Å²) >= 11 is 0. The average Bonchev–Trinajstić information content (AvgIpc) is 2.71. The van der Waals surface area contributed by atoms with Gasteiger partial charge in [-0.2, -0.15) is 5.26 Å². The summed E-state index contributed by atoms with van der Waals surface area (Å²) in [7, 11) is 2.71. The first-order chi connectivity index (χ1) is 13.1. The first-order valence-corrected chi connectivity index (χ1v) is 7.93. The van der Waals surface area contributed by atoms with E-state index in [2.05, 4.69) is 10.1 Å². The van der Waals surface area contributed by atoms with E-state index in [0.29, 0.717) is 22.7 Å². The van der Waals surface area contributed by atoms with Crippen LogP contribution in [0.4, 0.5) is 5.69 Å². The fraction of sp³-hybridized carbons (Fsp3) is 0.150. The molecule has 0 unspecified atom stereocenters. The molecule has 2 rings (SSSR count). The second kappa shape index (κ2) is 9.63. The van der Waals surface area contributed by atoms with E-state index in [4.69, 9.17) is 9.47 Å². The quantitative estimate of drug-likeness (QED) is 0.460. The van der Waals surface area contributed by atoms with Crippen LogP contribution in [0.3, 0.4) is 0 Å². The summed E-state index contributed by atoms with van der Waals surface area (Å²) in [5.74, 6) is -0.347. The molecule has 0 fully saturated rings. The lowest BCUT2D eigenvalue weighted by atomic mass is 10.1. The lowest BCUT2D eigenvalue weighted by Crippen LogP contribution is -2.13. The Hall–Kier alpha value is -3.79. The van der Waals surface area contributed by atoms with Crippen molar-refractivity contribution in [2.24, 2.45) is 0 Å². The summed E-state index contributed by atoms with van der Waals surface area (Å²) in [6.45, 7) is -0.259. The molecule has 1 N–H and O–H groups in total. The van der Waals surface area contributed by atoms with Gasteiger partial charge in [0.05, 0.1) is 14.2 Å². The zero-order valence-corrected chi connectivity index (χ0v) is 14.9. The predicted molar refractivity (Wildman–Crippen MR) is 99.2 cm³/mol. The molecule has 0 spiro atoms. The van der Waals surface area contributed by atoms with Crippen LogP contribution < -0.4 is 14.8 Å². The number of anilines is 1. The summed E-state index contributed by atoms with van der Waals surface area (Å²) in [6, 6.07) is 15.5. The van der Waals surface area contributed by atoms with Crippen LogP contribution in [-0.4, -0.2) is 32.7 Å². The van der Waals surface area contributed by atoms with Crippen molar-refractivity contribution in [1.82, 2.24) is 0 Å². The van der Waals surface area contributed by atoms with Crippen molar-refractivity contribution in [3.05, 3.63) is 59.7 Å². The summed E-state index contributed by atoms with van der Waals surface area (Å²) < 4.78 is 15.1. The molecule has 0 heterocycles. The van der Waals surface area contributed by atoms with Gasteiger partial charge in [0.25, 0.3) is 5.91 Å². The van der Waals surface area contributed by atoms with Gasteiger partial charge in [0.1, 0.15) is 11.6 Å². The highest BCUT2D eigenvalue weighted by Crippen LogP contribution is 2.29. The van der Waals surface area contributed by atoms with Crippen LogP contribution in [0.15, 0.2) is 54.1 Å². The first kappa shape index (κ1) is 19.5. The van der Waals surface area contributed by atoms with Crippen molar-refractivity contribution in [1.29, 1.82) is 5.26 Å². The number of para-hydroxylation sites is 1. The van der Waals surface area contributed by atoms with Gasteiger partial charge in [0.15, 0.2) is 18.1 Å². The number of amides is 1. The third-order valence-electron chi connectivity index (χ3n) is 3.47. The smallest absolute Gasteiger partial charge is 0.343 e. The largest absolute Gasteiger partial charge is 0.493 e. The highest BCUT2D eigenvalue weighted by molar-refractivity contribution is 6.09. The van der Waals surface area contributed by atoms with E-state index in [1.165, 1.54) is 20.3 Å². The Bertz CT molecular complexity index is 885. The van der Waals surface area contributed by atoms with Gasteiger partial charge in [0, 0.05) is 5.69 Å². The Morgan fingerprint density at radius 2 is 1.85 bits per heavy atom. The number of carbonyl (C=O) groups is 2. The molecule has 0 bridgehead atoms. The minimum absolute atomic E-state index is 0.0656. The Morgan fingerprint density at radius 3 is 2.48 bits per heavy atom. The maximum Gasteiger partial charge on any atom is 0.343 e. The summed E-state index contributed by atoms with van der Waals surface area (Å²) in [5, 5.41) is 12.0. The standard InChI is InChI=1S/C20H18N2O5/c1-25-18-11-14(8-9-17(18)27-13-19(23)26-2)10-15(12-21)20(24)22-16-6-4-3-5-7-16/h3-11H,13H2,1-2H3,(H,22,24). The number of ether oxygens (including phenoxy) is 3. The molecule has 0 atom stereocenters. The number of rotatable bonds is 7. The summed E-state index contributed by atoms with van der Waals surface area (Å²) in [5.41, 5.74) is 1.09. The second-order valence-electron chi connectivity index (χ2n) is 5.27. The average molecular weight is 366 g/mol. The third-order valence-corrected chi connectivity index (χ3v) is 3.47. The molecule has 0 aliphatic heterocycles. The molecule has 0 saturated carbocycles. The second-order valence-corrected chi connectivity index (χ2v) is 5.27. The van der Waals surface area contributed by atoms with Gasteiger partial charge in [-0.1, -0.05) is 24.3 Å². The third kappa shape index (κ3) is 5.61. The minimum atomic E-state index is -0.523. The van der Waals surface area contributed by atoms with E-state index in [9.17, 15) is 14.9 Å². The van der Waals surface area contributed by atoms with Crippen LogP contribution in [0, 0.1) is 11.3 Å². The monoisotopic (exact) mass is 366 g/mol.